The zero-order valence-electron chi connectivity index (χ0n) is 17.5. The first-order valence-corrected chi connectivity index (χ1v) is 10.9. The Labute approximate surface area is 182 Å². The molecule has 156 valence electrons. The van der Waals surface area contributed by atoms with E-state index in [4.69, 9.17) is 16.6 Å². The average molecular weight is 423 g/mol. The molecule has 2 aromatic heterocycles. The van der Waals surface area contributed by atoms with Crippen LogP contribution in [0.3, 0.4) is 0 Å². The number of hydrogen-bond donors (Lipinski definition) is 1. The van der Waals surface area contributed by atoms with Crippen LogP contribution in [-0.4, -0.2) is 27.0 Å². The highest BCUT2D eigenvalue weighted by Gasteiger charge is 2.18. The van der Waals surface area contributed by atoms with E-state index in [1.165, 1.54) is 18.4 Å². The lowest BCUT2D eigenvalue weighted by Crippen LogP contribution is -2.25. The van der Waals surface area contributed by atoms with Gasteiger partial charge in [0.15, 0.2) is 5.65 Å². The quantitative estimate of drug-likeness (QED) is 0.554. The molecule has 0 spiro atoms. The lowest BCUT2D eigenvalue weighted by atomic mass is 9.97. The molecule has 0 bridgehead atoms. The molecule has 30 heavy (non-hydrogen) atoms. The molecule has 4 rings (SSSR count). The van der Waals surface area contributed by atoms with Gasteiger partial charge in [-0.15, -0.1) is 0 Å². The molecule has 1 aromatic carbocycles. The van der Waals surface area contributed by atoms with Gasteiger partial charge in [-0.25, -0.2) is 9.50 Å². The van der Waals surface area contributed by atoms with Crippen molar-refractivity contribution >= 4 is 23.2 Å². The molecule has 1 N–H and O–H groups in total. The van der Waals surface area contributed by atoms with Gasteiger partial charge in [0.25, 0.3) is 5.91 Å². The monoisotopic (exact) mass is 422 g/mol. The fraction of sp³-hybridized carbons (Fsp3) is 0.375. The molecule has 0 unspecified atom stereocenters. The highest BCUT2D eigenvalue weighted by molar-refractivity contribution is 6.30. The average Bonchev–Trinajstić information content (AvgIpc) is 3.17. The summed E-state index contributed by atoms with van der Waals surface area (Å²) in [5, 5.41) is 8.22. The molecule has 0 saturated heterocycles. The number of allylic oxidation sites excluding steroid dienone is 1. The van der Waals surface area contributed by atoms with Crippen molar-refractivity contribution in [2.45, 2.75) is 52.4 Å². The summed E-state index contributed by atoms with van der Waals surface area (Å²) in [5.74, 6) is -0.113. The third-order valence-electron chi connectivity index (χ3n) is 5.86. The number of aromatic nitrogens is 3. The fourth-order valence-corrected chi connectivity index (χ4v) is 4.22. The summed E-state index contributed by atoms with van der Waals surface area (Å²) < 4.78 is 1.77. The van der Waals surface area contributed by atoms with Gasteiger partial charge in [-0.05, 0) is 69.2 Å². The topological polar surface area (TPSA) is 59.3 Å². The van der Waals surface area contributed by atoms with Crippen LogP contribution < -0.4 is 5.32 Å². The van der Waals surface area contributed by atoms with Gasteiger partial charge in [0.05, 0.1) is 6.20 Å². The third-order valence-corrected chi connectivity index (χ3v) is 6.12. The number of aryl methyl sites for hydroxylation is 2. The van der Waals surface area contributed by atoms with Gasteiger partial charge in [-0.1, -0.05) is 35.4 Å². The highest BCUT2D eigenvalue weighted by Crippen LogP contribution is 2.22. The molecule has 0 atom stereocenters. The molecule has 0 radical (unpaired) electrons. The lowest BCUT2D eigenvalue weighted by Gasteiger charge is -2.13. The number of benzene rings is 1. The molecule has 6 heteroatoms. The number of nitrogens with one attached hydrogen (secondary N) is 1. The SMILES string of the molecule is Cc1nc2c(C(=O)NCCC3=CCCCC3)cnn2c(C)c1Cc1ccc(Cl)cc1. The molecule has 1 aliphatic rings. The number of nitrogens with zero attached hydrogens (tertiary/aromatic N) is 3. The number of rotatable bonds is 6. The first-order valence-electron chi connectivity index (χ1n) is 10.6. The van der Waals surface area contributed by atoms with Crippen LogP contribution in [0, 0.1) is 13.8 Å². The summed E-state index contributed by atoms with van der Waals surface area (Å²) in [6.45, 7) is 4.66. The van der Waals surface area contributed by atoms with Gasteiger partial charge in [-0.2, -0.15) is 5.10 Å². The van der Waals surface area contributed by atoms with Crippen molar-refractivity contribution < 1.29 is 4.79 Å². The minimum Gasteiger partial charge on any atom is -0.352 e. The van der Waals surface area contributed by atoms with E-state index in [0.29, 0.717) is 17.8 Å². The standard InChI is InChI=1S/C24H27ClN4O/c1-16-21(14-19-8-10-20(25)11-9-19)17(2)29-23(28-16)22(15-27-29)24(30)26-13-12-18-6-4-3-5-7-18/h6,8-11,15H,3-5,7,12-14H2,1-2H3,(H,26,30). The van der Waals surface area contributed by atoms with Crippen LogP contribution in [0.15, 0.2) is 42.1 Å². The normalized spacial score (nSPS) is 14.0. The van der Waals surface area contributed by atoms with Gasteiger partial charge < -0.3 is 5.32 Å². The zero-order chi connectivity index (χ0) is 21.1. The first kappa shape index (κ1) is 20.6. The molecule has 3 aromatic rings. The van der Waals surface area contributed by atoms with Crippen LogP contribution in [0.2, 0.25) is 5.02 Å². The number of carbonyl (C=O) groups is 1. The summed E-state index contributed by atoms with van der Waals surface area (Å²) in [6, 6.07) is 7.84. The van der Waals surface area contributed by atoms with Crippen molar-refractivity contribution in [1.29, 1.82) is 0 Å². The van der Waals surface area contributed by atoms with E-state index in [-0.39, 0.29) is 5.91 Å². The Balaban J connectivity index is 1.52. The Kier molecular flexibility index (Phi) is 6.18. The predicted octanol–water partition coefficient (Wildman–Crippen LogP) is 5.21. The van der Waals surface area contributed by atoms with Crippen LogP contribution in [0.25, 0.3) is 5.65 Å². The number of hydrogen-bond acceptors (Lipinski definition) is 3. The number of halogens is 1. The van der Waals surface area contributed by atoms with Crippen molar-refractivity contribution in [3.05, 3.63) is 75.2 Å². The van der Waals surface area contributed by atoms with E-state index in [1.54, 1.807) is 10.7 Å². The Bertz CT molecular complexity index is 1100. The van der Waals surface area contributed by atoms with Gasteiger partial charge in [0.2, 0.25) is 0 Å². The maximum absolute atomic E-state index is 12.8. The minimum atomic E-state index is -0.113. The molecule has 1 amide bonds. The van der Waals surface area contributed by atoms with E-state index in [2.05, 4.69) is 16.5 Å². The van der Waals surface area contributed by atoms with E-state index in [1.807, 2.05) is 38.1 Å². The maximum atomic E-state index is 12.8. The highest BCUT2D eigenvalue weighted by atomic mass is 35.5. The van der Waals surface area contributed by atoms with Gasteiger partial charge >= 0.3 is 0 Å². The van der Waals surface area contributed by atoms with Crippen molar-refractivity contribution in [3.63, 3.8) is 0 Å². The number of fused-ring (bicyclic) bond motifs is 1. The summed E-state index contributed by atoms with van der Waals surface area (Å²) >= 11 is 6.00. The van der Waals surface area contributed by atoms with E-state index in [0.717, 1.165) is 53.2 Å². The van der Waals surface area contributed by atoms with Crippen LogP contribution in [0.4, 0.5) is 0 Å². The second kappa shape index (κ2) is 9.00. The van der Waals surface area contributed by atoms with Crippen LogP contribution in [0.1, 0.15) is 65.0 Å². The molecule has 1 aliphatic carbocycles. The molecule has 0 aliphatic heterocycles. The number of carbonyl (C=O) groups excluding carboxylic acids is 1. The first-order chi connectivity index (χ1) is 14.5. The van der Waals surface area contributed by atoms with Gasteiger partial charge in [0.1, 0.15) is 5.56 Å². The summed E-state index contributed by atoms with van der Waals surface area (Å²) in [4.78, 5) is 17.5. The van der Waals surface area contributed by atoms with E-state index < -0.39 is 0 Å². The Morgan fingerprint density at radius 1 is 1.20 bits per heavy atom. The maximum Gasteiger partial charge on any atom is 0.256 e. The Morgan fingerprint density at radius 3 is 2.73 bits per heavy atom. The second-order valence-corrected chi connectivity index (χ2v) is 8.41. The molecule has 0 fully saturated rings. The van der Waals surface area contributed by atoms with Crippen molar-refractivity contribution in [2.75, 3.05) is 6.54 Å². The van der Waals surface area contributed by atoms with Gasteiger partial charge in [0, 0.05) is 29.4 Å². The minimum absolute atomic E-state index is 0.113. The van der Waals surface area contributed by atoms with Crippen molar-refractivity contribution in [1.82, 2.24) is 19.9 Å². The van der Waals surface area contributed by atoms with E-state index >= 15 is 0 Å². The summed E-state index contributed by atoms with van der Waals surface area (Å²) in [5.41, 5.74) is 6.78. The van der Waals surface area contributed by atoms with Crippen LogP contribution >= 0.6 is 11.6 Å². The van der Waals surface area contributed by atoms with Crippen LogP contribution in [-0.2, 0) is 6.42 Å². The largest absolute Gasteiger partial charge is 0.352 e. The predicted molar refractivity (Wildman–Crippen MR) is 120 cm³/mol. The van der Waals surface area contributed by atoms with Crippen molar-refractivity contribution in [2.24, 2.45) is 0 Å². The fourth-order valence-electron chi connectivity index (χ4n) is 4.10. The summed E-state index contributed by atoms with van der Waals surface area (Å²) in [7, 11) is 0. The summed E-state index contributed by atoms with van der Waals surface area (Å²) in [6.07, 6.45) is 10.5. The molecular formula is C24H27ClN4O. The van der Waals surface area contributed by atoms with Gasteiger partial charge in [-0.3, -0.25) is 4.79 Å². The zero-order valence-corrected chi connectivity index (χ0v) is 18.3. The van der Waals surface area contributed by atoms with Crippen molar-refractivity contribution in [3.8, 4) is 0 Å². The molecular weight excluding hydrogens is 396 g/mol. The molecule has 2 heterocycles. The van der Waals surface area contributed by atoms with Crippen LogP contribution in [0.5, 0.6) is 0 Å². The third kappa shape index (κ3) is 4.41. The smallest absolute Gasteiger partial charge is 0.256 e. The second-order valence-electron chi connectivity index (χ2n) is 7.97. The lowest BCUT2D eigenvalue weighted by molar-refractivity contribution is 0.0955. The Morgan fingerprint density at radius 2 is 2.00 bits per heavy atom. The molecule has 0 saturated carbocycles. The number of amides is 1. The Hall–Kier alpha value is -2.66. The molecule has 5 nitrogen and oxygen atoms in total. The van der Waals surface area contributed by atoms with E-state index in [9.17, 15) is 4.79 Å².